The number of aliphatic hydroxyl groups is 5. The standard InChI is InChI=1S/C57H91NO8/c1-3-5-7-9-11-13-15-17-19-21-22-23-24-25-26-27-28-29-30-31-33-35-37-39-41-43-45-47-53(61)58-50(49-65-57-56(64)55(63)54(62)52(48-59)66-57)51(60)46-44-42-40-38-36-34-32-20-18-16-14-12-10-8-6-4-2/h5,7,11,13,17-20,22-23,25-26,28-29,31,33,36-39,44,46,50-52,54-57,59-60,62-64H,3-4,6,8-10,12,14-16,21,24,27,30,32,34-35,40-43,45,47-49H2,1-2H3,(H,58,61)/b7-5-,13-11-,19-17-,20-18+,23-22-,26-25-,29-28-,33-31-,38-36+,39-37-,46-44+. The van der Waals surface area contributed by atoms with Crippen LogP contribution < -0.4 is 5.32 Å². The quantitative estimate of drug-likeness (QED) is 0.0263. The molecule has 0 aromatic carbocycles. The lowest BCUT2D eigenvalue weighted by Crippen LogP contribution is -2.60. The van der Waals surface area contributed by atoms with E-state index in [9.17, 15) is 30.3 Å². The molecule has 0 aromatic rings. The van der Waals surface area contributed by atoms with E-state index in [1.165, 1.54) is 38.5 Å². The first kappa shape index (κ1) is 60.3. The molecule has 1 fully saturated rings. The Labute approximate surface area is 400 Å². The number of hydrogen-bond donors (Lipinski definition) is 6. The second kappa shape index (κ2) is 45.1. The number of nitrogens with one attached hydrogen (secondary N) is 1. The molecule has 0 spiro atoms. The van der Waals surface area contributed by atoms with Gasteiger partial charge in [-0.25, -0.2) is 0 Å². The largest absolute Gasteiger partial charge is 0.394 e. The fourth-order valence-electron chi connectivity index (χ4n) is 6.91. The lowest BCUT2D eigenvalue weighted by Gasteiger charge is -2.40. The topological polar surface area (TPSA) is 149 Å². The summed E-state index contributed by atoms with van der Waals surface area (Å²) in [7, 11) is 0. The van der Waals surface area contributed by atoms with E-state index < -0.39 is 49.5 Å². The van der Waals surface area contributed by atoms with Gasteiger partial charge in [-0.15, -0.1) is 0 Å². The summed E-state index contributed by atoms with van der Waals surface area (Å²) >= 11 is 0. The molecule has 1 heterocycles. The van der Waals surface area contributed by atoms with Crippen molar-refractivity contribution in [2.24, 2.45) is 0 Å². The molecule has 0 radical (unpaired) electrons. The molecule has 1 amide bonds. The molecule has 1 rings (SSSR count). The highest BCUT2D eigenvalue weighted by atomic mass is 16.7. The molecule has 1 saturated heterocycles. The average molecular weight is 918 g/mol. The van der Waals surface area contributed by atoms with Crippen LogP contribution in [0, 0.1) is 0 Å². The molecular formula is C57H91NO8. The van der Waals surface area contributed by atoms with Gasteiger partial charge in [0.05, 0.1) is 25.4 Å². The maximum absolute atomic E-state index is 13.0. The van der Waals surface area contributed by atoms with Gasteiger partial charge >= 0.3 is 0 Å². The summed E-state index contributed by atoms with van der Waals surface area (Å²) in [6, 6.07) is -0.862. The second-order valence-corrected chi connectivity index (χ2v) is 16.9. The zero-order valence-electron chi connectivity index (χ0n) is 40.9. The Morgan fingerprint density at radius 3 is 1.45 bits per heavy atom. The second-order valence-electron chi connectivity index (χ2n) is 16.9. The van der Waals surface area contributed by atoms with Crippen LogP contribution in [0.3, 0.4) is 0 Å². The SMILES string of the molecule is CC/C=C\C/C=C\C/C=C\C/C=C\C/C=C\C/C=C\C/C=C\C/C=C\CCCCC(=O)NC(COC1OC(CO)C(O)C(O)C1O)C(O)/C=C/CC/C=C/CC/C=C/CCCCCCCC. The van der Waals surface area contributed by atoms with Gasteiger partial charge in [-0.05, 0) is 109 Å². The number of ether oxygens (including phenoxy) is 2. The fraction of sp³-hybridized carbons (Fsp3) is 0.596. The van der Waals surface area contributed by atoms with E-state index in [4.69, 9.17) is 9.47 Å². The van der Waals surface area contributed by atoms with Crippen molar-refractivity contribution in [1.29, 1.82) is 0 Å². The number of rotatable bonds is 40. The lowest BCUT2D eigenvalue weighted by atomic mass is 9.99. The molecule has 0 aromatic heterocycles. The number of carbonyl (C=O) groups excluding carboxylic acids is 1. The third kappa shape index (κ3) is 34.6. The Bertz CT molecular complexity index is 1480. The molecule has 1 aliphatic rings. The number of unbranched alkanes of at least 4 members (excludes halogenated alkanes) is 10. The molecule has 66 heavy (non-hydrogen) atoms. The summed E-state index contributed by atoms with van der Waals surface area (Å²) in [6.07, 6.45) is 62.1. The number of hydrogen-bond acceptors (Lipinski definition) is 8. The molecule has 7 atom stereocenters. The van der Waals surface area contributed by atoms with Gasteiger partial charge in [0.1, 0.15) is 24.4 Å². The van der Waals surface area contributed by atoms with Crippen LogP contribution in [0.5, 0.6) is 0 Å². The van der Waals surface area contributed by atoms with Gasteiger partial charge in [0, 0.05) is 6.42 Å². The summed E-state index contributed by atoms with van der Waals surface area (Å²) in [5, 5.41) is 54.2. The van der Waals surface area contributed by atoms with Crippen LogP contribution in [-0.2, 0) is 14.3 Å². The number of aliphatic hydroxyl groups excluding tert-OH is 5. The number of carbonyl (C=O) groups is 1. The Morgan fingerprint density at radius 2 is 0.955 bits per heavy atom. The highest BCUT2D eigenvalue weighted by Crippen LogP contribution is 2.22. The predicted molar refractivity (Wildman–Crippen MR) is 276 cm³/mol. The van der Waals surface area contributed by atoms with Crippen molar-refractivity contribution in [3.05, 3.63) is 134 Å². The Kier molecular flexibility index (Phi) is 41.3. The molecule has 0 saturated carbocycles. The highest BCUT2D eigenvalue weighted by Gasteiger charge is 2.44. The van der Waals surface area contributed by atoms with Crippen molar-refractivity contribution in [3.63, 3.8) is 0 Å². The van der Waals surface area contributed by atoms with E-state index in [0.717, 1.165) is 89.9 Å². The summed E-state index contributed by atoms with van der Waals surface area (Å²) in [5.74, 6) is -0.241. The average Bonchev–Trinajstić information content (AvgIpc) is 3.32. The maximum atomic E-state index is 13.0. The molecule has 1 aliphatic heterocycles. The van der Waals surface area contributed by atoms with Crippen molar-refractivity contribution < 1.29 is 39.8 Å². The van der Waals surface area contributed by atoms with E-state index in [1.807, 2.05) is 6.08 Å². The van der Waals surface area contributed by atoms with Crippen LogP contribution in [0.1, 0.15) is 162 Å². The summed E-state index contributed by atoms with van der Waals surface area (Å²) in [5.41, 5.74) is 0. The van der Waals surface area contributed by atoms with Gasteiger partial charge in [0.2, 0.25) is 5.91 Å². The molecule has 6 N–H and O–H groups in total. The smallest absolute Gasteiger partial charge is 0.220 e. The molecule has 7 unspecified atom stereocenters. The van der Waals surface area contributed by atoms with Crippen LogP contribution in [0.25, 0.3) is 0 Å². The van der Waals surface area contributed by atoms with Crippen molar-refractivity contribution in [1.82, 2.24) is 5.32 Å². The van der Waals surface area contributed by atoms with E-state index in [1.54, 1.807) is 6.08 Å². The molecule has 0 bridgehead atoms. The van der Waals surface area contributed by atoms with Crippen LogP contribution in [0.2, 0.25) is 0 Å². The van der Waals surface area contributed by atoms with Gasteiger partial charge in [0.15, 0.2) is 6.29 Å². The van der Waals surface area contributed by atoms with Crippen LogP contribution >= 0.6 is 0 Å². The zero-order valence-corrected chi connectivity index (χ0v) is 40.9. The summed E-state index contributed by atoms with van der Waals surface area (Å²) < 4.78 is 11.2. The van der Waals surface area contributed by atoms with E-state index in [-0.39, 0.29) is 18.9 Å². The monoisotopic (exact) mass is 918 g/mol. The minimum atomic E-state index is -1.59. The molecule has 0 aliphatic carbocycles. The van der Waals surface area contributed by atoms with Crippen LogP contribution in [0.15, 0.2) is 134 Å². The van der Waals surface area contributed by atoms with Crippen molar-refractivity contribution in [2.75, 3.05) is 13.2 Å². The normalized spacial score (nSPS) is 21.0. The maximum Gasteiger partial charge on any atom is 0.220 e. The number of amides is 1. The molecule has 9 nitrogen and oxygen atoms in total. The lowest BCUT2D eigenvalue weighted by molar-refractivity contribution is -0.302. The minimum Gasteiger partial charge on any atom is -0.394 e. The molecule has 372 valence electrons. The fourth-order valence-corrected chi connectivity index (χ4v) is 6.91. The highest BCUT2D eigenvalue weighted by molar-refractivity contribution is 5.76. The zero-order chi connectivity index (χ0) is 48.0. The Morgan fingerprint density at radius 1 is 0.530 bits per heavy atom. The van der Waals surface area contributed by atoms with E-state index in [0.29, 0.717) is 12.8 Å². The molecular weight excluding hydrogens is 827 g/mol. The van der Waals surface area contributed by atoms with E-state index in [2.05, 4.69) is 141 Å². The van der Waals surface area contributed by atoms with Gasteiger partial charge in [-0.3, -0.25) is 4.79 Å². The van der Waals surface area contributed by atoms with Crippen LogP contribution in [-0.4, -0.2) is 87.5 Å². The van der Waals surface area contributed by atoms with Crippen LogP contribution in [0.4, 0.5) is 0 Å². The predicted octanol–water partition coefficient (Wildman–Crippen LogP) is 11.8. The van der Waals surface area contributed by atoms with Crippen molar-refractivity contribution in [3.8, 4) is 0 Å². The first-order valence-electron chi connectivity index (χ1n) is 25.4. The summed E-state index contributed by atoms with van der Waals surface area (Å²) in [4.78, 5) is 13.0. The van der Waals surface area contributed by atoms with Gasteiger partial charge in [-0.1, -0.05) is 180 Å². The third-order valence-corrected chi connectivity index (χ3v) is 10.9. The molecule has 9 heteroatoms. The van der Waals surface area contributed by atoms with Gasteiger partial charge < -0.3 is 40.3 Å². The first-order chi connectivity index (χ1) is 32.3. The van der Waals surface area contributed by atoms with E-state index >= 15 is 0 Å². The summed E-state index contributed by atoms with van der Waals surface area (Å²) in [6.45, 7) is 3.58. The van der Waals surface area contributed by atoms with Crippen molar-refractivity contribution >= 4 is 5.91 Å². The Balaban J connectivity index is 2.38. The van der Waals surface area contributed by atoms with Crippen molar-refractivity contribution in [2.45, 2.75) is 204 Å². The Hall–Kier alpha value is -3.67. The van der Waals surface area contributed by atoms with Gasteiger partial charge in [0.25, 0.3) is 0 Å². The van der Waals surface area contributed by atoms with Gasteiger partial charge in [-0.2, -0.15) is 0 Å². The first-order valence-corrected chi connectivity index (χ1v) is 25.4. The third-order valence-electron chi connectivity index (χ3n) is 10.9. The number of allylic oxidation sites excluding steroid dienone is 21. The minimum absolute atomic E-state index is 0.234.